The van der Waals surface area contributed by atoms with Gasteiger partial charge in [0, 0.05) is 40.1 Å². The zero-order valence-corrected chi connectivity index (χ0v) is 14.2. The zero-order valence-electron chi connectivity index (χ0n) is 11.8. The summed E-state index contributed by atoms with van der Waals surface area (Å²) in [6, 6.07) is 8.45. The molecule has 108 valence electrons. The first-order chi connectivity index (χ1) is 10.3. The van der Waals surface area contributed by atoms with Crippen LogP contribution in [0.25, 0.3) is 16.2 Å². The molecule has 1 aromatic carbocycles. The number of rotatable bonds is 2. The van der Waals surface area contributed by atoms with Crippen LogP contribution in [-0.2, 0) is 19.4 Å². The molecule has 1 aliphatic heterocycles. The van der Waals surface area contributed by atoms with Gasteiger partial charge in [-0.25, -0.2) is 4.98 Å². The van der Waals surface area contributed by atoms with Crippen molar-refractivity contribution in [2.24, 2.45) is 0 Å². The van der Waals surface area contributed by atoms with Crippen molar-refractivity contribution in [2.75, 3.05) is 6.54 Å². The molecule has 3 heterocycles. The lowest BCUT2D eigenvalue weighted by Gasteiger charge is -2.13. The Bertz CT molecular complexity index is 801. The summed E-state index contributed by atoms with van der Waals surface area (Å²) in [7, 11) is 0. The minimum Gasteiger partial charge on any atom is -0.311 e. The van der Waals surface area contributed by atoms with Crippen molar-refractivity contribution < 1.29 is 0 Å². The molecule has 21 heavy (non-hydrogen) atoms. The Hall–Kier alpha value is -1.17. The maximum atomic E-state index is 4.93. The maximum Gasteiger partial charge on any atom is 0.194 e. The van der Waals surface area contributed by atoms with Gasteiger partial charge in [0.25, 0.3) is 0 Å². The lowest BCUT2D eigenvalue weighted by atomic mass is 10.1. The molecule has 1 aliphatic rings. The average molecular weight is 362 g/mol. The Morgan fingerprint density at radius 2 is 2.14 bits per heavy atom. The molecule has 0 saturated carbocycles. The second-order valence-corrected chi connectivity index (χ2v) is 7.26. The number of fused-ring (bicyclic) bond motifs is 3. The summed E-state index contributed by atoms with van der Waals surface area (Å²) >= 11 is 5.33. The largest absolute Gasteiger partial charge is 0.311 e. The molecule has 0 amide bonds. The minimum absolute atomic E-state index is 0.986. The van der Waals surface area contributed by atoms with Crippen LogP contribution in [0, 0.1) is 0 Å². The lowest BCUT2D eigenvalue weighted by molar-refractivity contribution is 0.635. The fraction of sp³-hybridized carbons (Fsp3) is 0.312. The van der Waals surface area contributed by atoms with Gasteiger partial charge >= 0.3 is 0 Å². The number of aryl methyl sites for hydroxylation is 1. The molecule has 3 nitrogen and oxygen atoms in total. The van der Waals surface area contributed by atoms with Crippen LogP contribution in [0.5, 0.6) is 0 Å². The molecule has 1 N–H and O–H groups in total. The number of nitrogens with one attached hydrogen (secondary N) is 1. The third-order valence-electron chi connectivity index (χ3n) is 4.02. The molecule has 5 heteroatoms. The van der Waals surface area contributed by atoms with E-state index in [2.05, 4.69) is 56.8 Å². The third-order valence-corrected chi connectivity index (χ3v) is 5.64. The van der Waals surface area contributed by atoms with Crippen LogP contribution >= 0.6 is 27.3 Å². The van der Waals surface area contributed by atoms with Gasteiger partial charge in [0.15, 0.2) is 4.96 Å². The highest BCUT2D eigenvalue weighted by molar-refractivity contribution is 9.10. The molecule has 0 unspecified atom stereocenters. The van der Waals surface area contributed by atoms with E-state index in [9.17, 15) is 0 Å². The summed E-state index contributed by atoms with van der Waals surface area (Å²) in [6.07, 6.45) is 2.10. The van der Waals surface area contributed by atoms with E-state index >= 15 is 0 Å². The Morgan fingerprint density at radius 1 is 1.33 bits per heavy atom. The van der Waals surface area contributed by atoms with Gasteiger partial charge in [-0.3, -0.25) is 4.40 Å². The van der Waals surface area contributed by atoms with Gasteiger partial charge in [-0.2, -0.15) is 0 Å². The fourth-order valence-corrected chi connectivity index (χ4v) is 4.45. The van der Waals surface area contributed by atoms with Crippen LogP contribution in [0.3, 0.4) is 0 Å². The van der Waals surface area contributed by atoms with Gasteiger partial charge in [0.1, 0.15) is 0 Å². The van der Waals surface area contributed by atoms with Crippen molar-refractivity contribution in [1.82, 2.24) is 14.7 Å². The van der Waals surface area contributed by atoms with Crippen molar-refractivity contribution in [3.05, 3.63) is 45.0 Å². The molecule has 4 rings (SSSR count). The van der Waals surface area contributed by atoms with Crippen LogP contribution in [-0.4, -0.2) is 15.9 Å². The van der Waals surface area contributed by atoms with Crippen LogP contribution in [0.1, 0.15) is 23.2 Å². The summed E-state index contributed by atoms with van der Waals surface area (Å²) < 4.78 is 3.51. The van der Waals surface area contributed by atoms with Gasteiger partial charge in [0.2, 0.25) is 0 Å². The molecule has 3 aromatic rings. The van der Waals surface area contributed by atoms with E-state index in [-0.39, 0.29) is 0 Å². The van der Waals surface area contributed by atoms with E-state index < -0.39 is 0 Å². The van der Waals surface area contributed by atoms with Crippen LogP contribution in [0.4, 0.5) is 0 Å². The van der Waals surface area contributed by atoms with E-state index in [0.29, 0.717) is 0 Å². The Labute approximate surface area is 136 Å². The van der Waals surface area contributed by atoms with Crippen molar-refractivity contribution in [3.63, 3.8) is 0 Å². The first kappa shape index (κ1) is 13.5. The monoisotopic (exact) mass is 361 g/mol. The van der Waals surface area contributed by atoms with Gasteiger partial charge < -0.3 is 5.32 Å². The van der Waals surface area contributed by atoms with E-state index in [1.54, 1.807) is 0 Å². The number of aromatic nitrogens is 2. The second-order valence-electron chi connectivity index (χ2n) is 5.28. The first-order valence-corrected chi connectivity index (χ1v) is 8.87. The SMILES string of the molecule is CCc1c(-c2ccc(Br)cc2)nc2sc3c(n12)CCNC3. The number of nitrogens with zero attached hydrogens (tertiary/aromatic N) is 2. The third kappa shape index (κ3) is 2.15. The molecule has 0 spiro atoms. The number of thiazole rings is 1. The summed E-state index contributed by atoms with van der Waals surface area (Å²) in [6.45, 7) is 4.27. The Kier molecular flexibility index (Phi) is 3.36. The molecule has 0 bridgehead atoms. The van der Waals surface area contributed by atoms with Crippen LogP contribution in [0.2, 0.25) is 0 Å². The number of benzene rings is 1. The molecule has 0 radical (unpaired) electrons. The summed E-state index contributed by atoms with van der Waals surface area (Å²) in [5.74, 6) is 0. The molecule has 0 saturated heterocycles. The highest BCUT2D eigenvalue weighted by atomic mass is 79.9. The molecule has 0 atom stereocenters. The molecule has 0 aliphatic carbocycles. The standard InChI is InChI=1S/C16H16BrN3S/c1-2-12-15(10-3-5-11(17)6-4-10)19-16-20(12)13-7-8-18-9-14(13)21-16/h3-6,18H,2,7-9H2,1H3. The minimum atomic E-state index is 0.986. The highest BCUT2D eigenvalue weighted by Crippen LogP contribution is 2.33. The van der Waals surface area contributed by atoms with Crippen molar-refractivity contribution >= 4 is 32.2 Å². The van der Waals surface area contributed by atoms with Gasteiger partial charge in [0.05, 0.1) is 11.4 Å². The van der Waals surface area contributed by atoms with Crippen LogP contribution in [0.15, 0.2) is 28.7 Å². The zero-order chi connectivity index (χ0) is 14.4. The van der Waals surface area contributed by atoms with E-state index in [1.807, 2.05) is 11.3 Å². The molecular formula is C16H16BrN3S. The molecule has 2 aromatic heterocycles. The van der Waals surface area contributed by atoms with Crippen LogP contribution < -0.4 is 5.32 Å². The van der Waals surface area contributed by atoms with Crippen molar-refractivity contribution in [1.29, 1.82) is 0 Å². The van der Waals surface area contributed by atoms with E-state index in [0.717, 1.165) is 41.1 Å². The summed E-state index contributed by atoms with van der Waals surface area (Å²) in [5, 5.41) is 3.45. The van der Waals surface area contributed by atoms with Gasteiger partial charge in [-0.1, -0.05) is 46.3 Å². The number of hydrogen-bond acceptors (Lipinski definition) is 3. The normalized spacial score (nSPS) is 14.6. The fourth-order valence-electron chi connectivity index (χ4n) is 3.03. The topological polar surface area (TPSA) is 29.3 Å². The second kappa shape index (κ2) is 5.23. The van der Waals surface area contributed by atoms with Gasteiger partial charge in [-0.15, -0.1) is 0 Å². The Morgan fingerprint density at radius 3 is 2.90 bits per heavy atom. The quantitative estimate of drug-likeness (QED) is 0.746. The maximum absolute atomic E-state index is 4.93. The summed E-state index contributed by atoms with van der Waals surface area (Å²) in [4.78, 5) is 7.51. The highest BCUT2D eigenvalue weighted by Gasteiger charge is 2.22. The van der Waals surface area contributed by atoms with Crippen molar-refractivity contribution in [3.8, 4) is 11.3 Å². The van der Waals surface area contributed by atoms with Gasteiger partial charge in [-0.05, 0) is 18.6 Å². The van der Waals surface area contributed by atoms with Crippen molar-refractivity contribution in [2.45, 2.75) is 26.3 Å². The smallest absolute Gasteiger partial charge is 0.194 e. The number of hydrogen-bond donors (Lipinski definition) is 1. The number of imidazole rings is 1. The molecule has 0 fully saturated rings. The predicted molar refractivity (Wildman–Crippen MR) is 91.0 cm³/mol. The molecular weight excluding hydrogens is 346 g/mol. The Balaban J connectivity index is 1.94. The van der Waals surface area contributed by atoms with E-state index in [4.69, 9.17) is 4.98 Å². The lowest BCUT2D eigenvalue weighted by Crippen LogP contribution is -2.23. The number of halogens is 1. The summed E-state index contributed by atoms with van der Waals surface area (Å²) in [5.41, 5.74) is 5.14. The predicted octanol–water partition coefficient (Wildman–Crippen LogP) is 4.03. The first-order valence-electron chi connectivity index (χ1n) is 7.26. The van der Waals surface area contributed by atoms with E-state index in [1.165, 1.54) is 21.8 Å². The average Bonchev–Trinajstić information content (AvgIpc) is 3.03.